The van der Waals surface area contributed by atoms with Gasteiger partial charge in [-0.2, -0.15) is 0 Å². The van der Waals surface area contributed by atoms with Crippen LogP contribution in [0, 0.1) is 5.92 Å². The van der Waals surface area contributed by atoms with E-state index in [9.17, 15) is 19.2 Å². The number of hydrogen-bond donors (Lipinski definition) is 1. The minimum atomic E-state index is -0.974. The van der Waals surface area contributed by atoms with Gasteiger partial charge < -0.3 is 10.0 Å². The fourth-order valence-corrected chi connectivity index (χ4v) is 2.35. The minimum absolute atomic E-state index is 0.00565. The van der Waals surface area contributed by atoms with E-state index in [4.69, 9.17) is 5.11 Å². The zero-order chi connectivity index (χ0) is 13.4. The highest BCUT2D eigenvalue weighted by Gasteiger charge is 2.44. The van der Waals surface area contributed by atoms with Gasteiger partial charge in [-0.05, 0) is 6.42 Å². The molecule has 98 valence electrons. The predicted octanol–water partition coefficient (Wildman–Crippen LogP) is -0.933. The molecule has 2 heterocycles. The zero-order valence-electron chi connectivity index (χ0n) is 9.96. The molecule has 7 nitrogen and oxygen atoms in total. The Balaban J connectivity index is 2.16. The molecule has 0 radical (unpaired) electrons. The number of likely N-dealkylation sites (N-methyl/N-ethyl adjacent to an activating group) is 1. The summed E-state index contributed by atoms with van der Waals surface area (Å²) in [6, 6.07) is -0.822. The van der Waals surface area contributed by atoms with Gasteiger partial charge in [0.2, 0.25) is 11.8 Å². The quantitative estimate of drug-likeness (QED) is 0.642. The van der Waals surface area contributed by atoms with E-state index in [1.807, 2.05) is 0 Å². The standard InChI is InChI=1S/C11H14N2O5/c1-12-9(15)4-7(10(12)16)13-5-6(11(17)18)2-3-8(13)14/h6-7H,2-5H2,1H3,(H,17,18). The Bertz CT molecular complexity index is 433. The summed E-state index contributed by atoms with van der Waals surface area (Å²) in [4.78, 5) is 48.1. The van der Waals surface area contributed by atoms with E-state index in [1.165, 1.54) is 11.9 Å². The van der Waals surface area contributed by atoms with Crippen LogP contribution in [-0.2, 0) is 19.2 Å². The third-order valence-corrected chi connectivity index (χ3v) is 3.53. The highest BCUT2D eigenvalue weighted by molar-refractivity contribution is 6.06. The number of carbonyl (C=O) groups is 4. The highest BCUT2D eigenvalue weighted by atomic mass is 16.4. The number of rotatable bonds is 2. The summed E-state index contributed by atoms with van der Waals surface area (Å²) in [6.45, 7) is 0.00565. The van der Waals surface area contributed by atoms with E-state index in [0.29, 0.717) is 0 Å². The molecule has 1 N–H and O–H groups in total. The number of nitrogens with zero attached hydrogens (tertiary/aromatic N) is 2. The smallest absolute Gasteiger partial charge is 0.308 e. The molecule has 0 saturated carbocycles. The van der Waals surface area contributed by atoms with Gasteiger partial charge in [-0.25, -0.2) is 0 Å². The van der Waals surface area contributed by atoms with E-state index in [0.717, 1.165) is 4.90 Å². The summed E-state index contributed by atoms with van der Waals surface area (Å²) in [6.07, 6.45) is 0.349. The van der Waals surface area contributed by atoms with Gasteiger partial charge in [0.1, 0.15) is 6.04 Å². The van der Waals surface area contributed by atoms with Crippen LogP contribution in [0.1, 0.15) is 19.3 Å². The predicted molar refractivity (Wildman–Crippen MR) is 58.3 cm³/mol. The Kier molecular flexibility index (Phi) is 3.06. The van der Waals surface area contributed by atoms with E-state index >= 15 is 0 Å². The summed E-state index contributed by atoms with van der Waals surface area (Å²) in [7, 11) is 1.37. The van der Waals surface area contributed by atoms with Crippen LogP contribution in [0.5, 0.6) is 0 Å². The van der Waals surface area contributed by atoms with Crippen molar-refractivity contribution in [3.63, 3.8) is 0 Å². The van der Waals surface area contributed by atoms with Crippen LogP contribution in [-0.4, -0.2) is 58.2 Å². The van der Waals surface area contributed by atoms with Gasteiger partial charge in [0.05, 0.1) is 12.3 Å². The molecular formula is C11H14N2O5. The molecule has 0 aromatic heterocycles. The number of amides is 3. The highest BCUT2D eigenvalue weighted by Crippen LogP contribution is 2.25. The second-order valence-electron chi connectivity index (χ2n) is 4.63. The van der Waals surface area contributed by atoms with E-state index in [2.05, 4.69) is 0 Å². The average Bonchev–Trinajstić information content (AvgIpc) is 2.57. The van der Waals surface area contributed by atoms with E-state index in [1.54, 1.807) is 0 Å². The lowest BCUT2D eigenvalue weighted by molar-refractivity contribution is -0.152. The molecular weight excluding hydrogens is 240 g/mol. The maximum Gasteiger partial charge on any atom is 0.308 e. The SMILES string of the molecule is CN1C(=O)CC(N2CC(C(=O)O)CCC2=O)C1=O. The monoisotopic (exact) mass is 254 g/mol. The molecule has 2 fully saturated rings. The Morgan fingerprint density at radius 1 is 1.28 bits per heavy atom. The Morgan fingerprint density at radius 3 is 2.44 bits per heavy atom. The summed E-state index contributed by atoms with van der Waals surface area (Å²) < 4.78 is 0. The number of carboxylic acid groups (broad SMARTS) is 1. The third kappa shape index (κ3) is 1.96. The van der Waals surface area contributed by atoms with Crippen LogP contribution in [0.2, 0.25) is 0 Å². The summed E-state index contributed by atoms with van der Waals surface area (Å²) >= 11 is 0. The molecule has 18 heavy (non-hydrogen) atoms. The molecule has 2 aliphatic heterocycles. The van der Waals surface area contributed by atoms with Crippen LogP contribution in [0.25, 0.3) is 0 Å². The van der Waals surface area contributed by atoms with Crippen molar-refractivity contribution >= 4 is 23.7 Å². The first-order valence-corrected chi connectivity index (χ1v) is 5.74. The maximum absolute atomic E-state index is 11.8. The van der Waals surface area contributed by atoms with Gasteiger partial charge in [0.25, 0.3) is 5.91 Å². The van der Waals surface area contributed by atoms with Gasteiger partial charge >= 0.3 is 5.97 Å². The van der Waals surface area contributed by atoms with Crippen molar-refractivity contribution in [1.82, 2.24) is 9.80 Å². The molecule has 2 aliphatic rings. The van der Waals surface area contributed by atoms with Crippen molar-refractivity contribution in [3.8, 4) is 0 Å². The molecule has 2 rings (SSSR count). The van der Waals surface area contributed by atoms with Crippen LogP contribution < -0.4 is 0 Å². The Morgan fingerprint density at radius 2 is 1.94 bits per heavy atom. The Hall–Kier alpha value is -1.92. The maximum atomic E-state index is 11.8. The largest absolute Gasteiger partial charge is 0.481 e. The number of imide groups is 1. The van der Waals surface area contributed by atoms with Gasteiger partial charge in [-0.3, -0.25) is 24.1 Å². The molecule has 0 aromatic rings. The topological polar surface area (TPSA) is 95.0 Å². The van der Waals surface area contributed by atoms with Crippen LogP contribution in [0.15, 0.2) is 0 Å². The molecule has 2 saturated heterocycles. The lowest BCUT2D eigenvalue weighted by Gasteiger charge is -2.33. The molecule has 0 spiro atoms. The number of likely N-dealkylation sites (tertiary alicyclic amines) is 2. The van der Waals surface area contributed by atoms with Gasteiger partial charge in [0.15, 0.2) is 0 Å². The number of aliphatic carboxylic acids is 1. The normalized spacial score (nSPS) is 29.1. The molecule has 3 amide bonds. The first-order chi connectivity index (χ1) is 8.41. The molecule has 2 atom stereocenters. The molecule has 7 heteroatoms. The van der Waals surface area contributed by atoms with E-state index in [-0.39, 0.29) is 37.6 Å². The molecule has 0 aromatic carbocycles. The third-order valence-electron chi connectivity index (χ3n) is 3.53. The number of hydrogen-bond acceptors (Lipinski definition) is 4. The first kappa shape index (κ1) is 12.5. The van der Waals surface area contributed by atoms with Crippen LogP contribution in [0.3, 0.4) is 0 Å². The fourth-order valence-electron chi connectivity index (χ4n) is 2.35. The van der Waals surface area contributed by atoms with Crippen molar-refractivity contribution in [3.05, 3.63) is 0 Å². The van der Waals surface area contributed by atoms with Gasteiger partial charge in [-0.1, -0.05) is 0 Å². The van der Waals surface area contributed by atoms with Gasteiger partial charge in [0, 0.05) is 20.0 Å². The summed E-state index contributed by atoms with van der Waals surface area (Å²) in [5.41, 5.74) is 0. The zero-order valence-corrected chi connectivity index (χ0v) is 9.96. The summed E-state index contributed by atoms with van der Waals surface area (Å²) in [5.74, 6) is -2.65. The van der Waals surface area contributed by atoms with Crippen LogP contribution in [0.4, 0.5) is 0 Å². The van der Waals surface area contributed by atoms with Crippen molar-refractivity contribution in [2.45, 2.75) is 25.3 Å². The van der Waals surface area contributed by atoms with Gasteiger partial charge in [-0.15, -0.1) is 0 Å². The van der Waals surface area contributed by atoms with Crippen molar-refractivity contribution < 1.29 is 24.3 Å². The number of carbonyl (C=O) groups excluding carboxylic acids is 3. The van der Waals surface area contributed by atoms with E-state index < -0.39 is 23.8 Å². The lowest BCUT2D eigenvalue weighted by Crippen LogP contribution is -2.50. The minimum Gasteiger partial charge on any atom is -0.481 e. The first-order valence-electron chi connectivity index (χ1n) is 5.74. The van der Waals surface area contributed by atoms with Crippen LogP contribution >= 0.6 is 0 Å². The average molecular weight is 254 g/mol. The second-order valence-corrected chi connectivity index (χ2v) is 4.63. The number of carboxylic acids is 1. The molecule has 2 unspecified atom stereocenters. The van der Waals surface area contributed by atoms with Crippen molar-refractivity contribution in [2.24, 2.45) is 5.92 Å². The van der Waals surface area contributed by atoms with Crippen molar-refractivity contribution in [1.29, 1.82) is 0 Å². The summed E-state index contributed by atoms with van der Waals surface area (Å²) in [5, 5.41) is 8.95. The fraction of sp³-hybridized carbons (Fsp3) is 0.636. The second kappa shape index (κ2) is 4.40. The molecule has 0 bridgehead atoms. The molecule has 0 aliphatic carbocycles. The lowest BCUT2D eigenvalue weighted by atomic mass is 9.96. The number of piperidine rings is 1. The van der Waals surface area contributed by atoms with Crippen molar-refractivity contribution in [2.75, 3.05) is 13.6 Å². The Labute approximate surface area is 103 Å².